The maximum absolute atomic E-state index is 12.7. The van der Waals surface area contributed by atoms with Crippen molar-refractivity contribution in [1.29, 1.82) is 0 Å². The Hall–Kier alpha value is -2.51. The number of hydrogen-bond donors (Lipinski definition) is 2. The molecule has 2 aliphatic heterocycles. The van der Waals surface area contributed by atoms with Crippen molar-refractivity contribution in [2.45, 2.75) is 31.8 Å². The number of nitrogen functional groups attached to an aromatic ring is 1. The first-order valence-corrected chi connectivity index (χ1v) is 9.44. The van der Waals surface area contributed by atoms with E-state index in [2.05, 4.69) is 20.2 Å². The Morgan fingerprint density at radius 1 is 1.19 bits per heavy atom. The molecule has 1 aromatic carbocycles. The molecule has 0 unspecified atom stereocenters. The van der Waals surface area contributed by atoms with Crippen LogP contribution in [-0.2, 0) is 4.74 Å². The van der Waals surface area contributed by atoms with E-state index in [0.717, 1.165) is 30.0 Å². The van der Waals surface area contributed by atoms with Gasteiger partial charge in [0.15, 0.2) is 0 Å². The van der Waals surface area contributed by atoms with Crippen molar-refractivity contribution in [2.24, 2.45) is 0 Å². The standard InChI is InChI=1S/C20H25N5O2/c1-13-10-16(24-20(21)22-13)14-4-6-15(7-5-14)19(26)23-17-11-27-12-18(17)25-8-2-3-9-25/h4-7,10,17-18H,2-3,8-9,11-12H2,1H3,(H,23,26)(H2,21,22,24)/t17-,18-/m0/s1. The second kappa shape index (κ2) is 7.62. The number of aromatic nitrogens is 2. The molecule has 0 radical (unpaired) electrons. The maximum Gasteiger partial charge on any atom is 0.251 e. The normalized spacial score (nSPS) is 22.9. The molecular weight excluding hydrogens is 342 g/mol. The Kier molecular flexibility index (Phi) is 5.05. The Morgan fingerprint density at radius 2 is 1.93 bits per heavy atom. The second-order valence-electron chi connectivity index (χ2n) is 7.26. The number of likely N-dealkylation sites (tertiary alicyclic amines) is 1. The number of aryl methyl sites for hydroxylation is 1. The molecule has 0 bridgehead atoms. The molecule has 1 aromatic heterocycles. The highest BCUT2D eigenvalue weighted by atomic mass is 16.5. The molecule has 0 saturated carbocycles. The van der Waals surface area contributed by atoms with E-state index in [4.69, 9.17) is 10.5 Å². The third kappa shape index (κ3) is 3.94. The molecule has 3 N–H and O–H groups in total. The highest BCUT2D eigenvalue weighted by Gasteiger charge is 2.35. The van der Waals surface area contributed by atoms with Gasteiger partial charge in [0.05, 0.1) is 31.0 Å². The minimum atomic E-state index is -0.0698. The van der Waals surface area contributed by atoms with Crippen LogP contribution in [0.15, 0.2) is 30.3 Å². The predicted molar refractivity (Wildman–Crippen MR) is 103 cm³/mol. The van der Waals surface area contributed by atoms with Gasteiger partial charge < -0.3 is 15.8 Å². The molecule has 2 aromatic rings. The van der Waals surface area contributed by atoms with E-state index >= 15 is 0 Å². The third-order valence-electron chi connectivity index (χ3n) is 5.29. The van der Waals surface area contributed by atoms with Crippen molar-refractivity contribution >= 4 is 11.9 Å². The van der Waals surface area contributed by atoms with Gasteiger partial charge in [-0.25, -0.2) is 9.97 Å². The molecule has 7 heteroatoms. The van der Waals surface area contributed by atoms with Gasteiger partial charge in [-0.15, -0.1) is 0 Å². The zero-order valence-corrected chi connectivity index (χ0v) is 15.5. The summed E-state index contributed by atoms with van der Waals surface area (Å²) in [6.45, 7) is 5.33. The molecule has 1 amide bonds. The molecule has 0 spiro atoms. The fourth-order valence-electron chi connectivity index (χ4n) is 3.90. The number of carbonyl (C=O) groups is 1. The number of carbonyl (C=O) groups excluding carboxylic acids is 1. The van der Waals surface area contributed by atoms with Gasteiger partial charge in [0, 0.05) is 16.8 Å². The summed E-state index contributed by atoms with van der Waals surface area (Å²) in [4.78, 5) is 23.5. The van der Waals surface area contributed by atoms with Crippen LogP contribution in [0.2, 0.25) is 0 Å². The molecule has 3 heterocycles. The van der Waals surface area contributed by atoms with E-state index in [1.807, 2.05) is 37.3 Å². The highest BCUT2D eigenvalue weighted by Crippen LogP contribution is 2.21. The summed E-state index contributed by atoms with van der Waals surface area (Å²) in [5.41, 5.74) is 8.83. The smallest absolute Gasteiger partial charge is 0.251 e. The molecule has 0 aliphatic carbocycles. The van der Waals surface area contributed by atoms with Gasteiger partial charge in [-0.3, -0.25) is 9.69 Å². The SMILES string of the molecule is Cc1cc(-c2ccc(C(=O)N[C@H]3COC[C@@H]3N3CCCC3)cc2)nc(N)n1. The largest absolute Gasteiger partial charge is 0.378 e. The molecule has 2 atom stereocenters. The van der Waals surface area contributed by atoms with Gasteiger partial charge >= 0.3 is 0 Å². The molecule has 27 heavy (non-hydrogen) atoms. The topological polar surface area (TPSA) is 93.4 Å². The average molecular weight is 367 g/mol. The van der Waals surface area contributed by atoms with Gasteiger partial charge in [0.1, 0.15) is 0 Å². The number of benzene rings is 1. The molecule has 4 rings (SSSR count). The first-order chi connectivity index (χ1) is 13.1. The first kappa shape index (κ1) is 17.9. The molecule has 2 fully saturated rings. The van der Waals surface area contributed by atoms with E-state index < -0.39 is 0 Å². The van der Waals surface area contributed by atoms with Gasteiger partial charge in [-0.05, 0) is 51.1 Å². The van der Waals surface area contributed by atoms with Gasteiger partial charge in [0.2, 0.25) is 5.95 Å². The van der Waals surface area contributed by atoms with E-state index in [0.29, 0.717) is 18.8 Å². The zero-order valence-electron chi connectivity index (χ0n) is 15.5. The first-order valence-electron chi connectivity index (χ1n) is 9.44. The van der Waals surface area contributed by atoms with Crippen LogP contribution in [-0.4, -0.2) is 59.2 Å². The Bertz CT molecular complexity index is 797. The monoisotopic (exact) mass is 367 g/mol. The summed E-state index contributed by atoms with van der Waals surface area (Å²) in [5, 5.41) is 3.15. The van der Waals surface area contributed by atoms with E-state index in [1.165, 1.54) is 12.8 Å². The van der Waals surface area contributed by atoms with E-state index in [1.54, 1.807) is 0 Å². The van der Waals surface area contributed by atoms with Crippen LogP contribution >= 0.6 is 0 Å². The summed E-state index contributed by atoms with van der Waals surface area (Å²) in [6, 6.07) is 9.61. The molecule has 2 saturated heterocycles. The Morgan fingerprint density at radius 3 is 2.63 bits per heavy atom. The average Bonchev–Trinajstić information content (AvgIpc) is 3.32. The number of anilines is 1. The predicted octanol–water partition coefficient (Wildman–Crippen LogP) is 1.63. The fourth-order valence-corrected chi connectivity index (χ4v) is 3.90. The van der Waals surface area contributed by atoms with Crippen LogP contribution in [0.25, 0.3) is 11.3 Å². The van der Waals surface area contributed by atoms with Crippen LogP contribution in [0.1, 0.15) is 28.9 Å². The number of hydrogen-bond acceptors (Lipinski definition) is 6. The third-order valence-corrected chi connectivity index (χ3v) is 5.29. The number of amides is 1. The van der Waals surface area contributed by atoms with Crippen LogP contribution in [0.5, 0.6) is 0 Å². The number of nitrogens with zero attached hydrogens (tertiary/aromatic N) is 3. The van der Waals surface area contributed by atoms with Crippen LogP contribution in [0.3, 0.4) is 0 Å². The lowest BCUT2D eigenvalue weighted by Crippen LogP contribution is -2.50. The zero-order chi connectivity index (χ0) is 18.8. The van der Waals surface area contributed by atoms with E-state index in [-0.39, 0.29) is 23.9 Å². The van der Waals surface area contributed by atoms with Crippen molar-refractivity contribution < 1.29 is 9.53 Å². The second-order valence-corrected chi connectivity index (χ2v) is 7.26. The number of rotatable bonds is 4. The molecule has 142 valence electrons. The lowest BCUT2D eigenvalue weighted by Gasteiger charge is -2.27. The van der Waals surface area contributed by atoms with Crippen molar-refractivity contribution in [3.63, 3.8) is 0 Å². The minimum Gasteiger partial charge on any atom is -0.378 e. The lowest BCUT2D eigenvalue weighted by atomic mass is 10.1. The van der Waals surface area contributed by atoms with Gasteiger partial charge in [-0.1, -0.05) is 12.1 Å². The highest BCUT2D eigenvalue weighted by molar-refractivity contribution is 5.94. The molecule has 2 aliphatic rings. The number of nitrogens with two attached hydrogens (primary N) is 1. The summed E-state index contributed by atoms with van der Waals surface area (Å²) < 4.78 is 5.64. The summed E-state index contributed by atoms with van der Waals surface area (Å²) in [6.07, 6.45) is 2.46. The summed E-state index contributed by atoms with van der Waals surface area (Å²) in [7, 11) is 0. The van der Waals surface area contributed by atoms with Crippen LogP contribution in [0.4, 0.5) is 5.95 Å². The Balaban J connectivity index is 1.44. The van der Waals surface area contributed by atoms with E-state index in [9.17, 15) is 4.79 Å². The quantitative estimate of drug-likeness (QED) is 0.853. The van der Waals surface area contributed by atoms with Crippen molar-refractivity contribution in [3.05, 3.63) is 41.6 Å². The number of ether oxygens (including phenoxy) is 1. The molecule has 7 nitrogen and oxygen atoms in total. The summed E-state index contributed by atoms with van der Waals surface area (Å²) >= 11 is 0. The van der Waals surface area contributed by atoms with Crippen molar-refractivity contribution in [3.8, 4) is 11.3 Å². The lowest BCUT2D eigenvalue weighted by molar-refractivity contribution is 0.0916. The van der Waals surface area contributed by atoms with Crippen LogP contribution in [0, 0.1) is 6.92 Å². The summed E-state index contributed by atoms with van der Waals surface area (Å²) in [5.74, 6) is 0.181. The number of nitrogens with one attached hydrogen (secondary N) is 1. The van der Waals surface area contributed by atoms with Crippen molar-refractivity contribution in [2.75, 3.05) is 32.0 Å². The van der Waals surface area contributed by atoms with Crippen LogP contribution < -0.4 is 11.1 Å². The maximum atomic E-state index is 12.7. The Labute approximate surface area is 158 Å². The van der Waals surface area contributed by atoms with Gasteiger partial charge in [0.25, 0.3) is 5.91 Å². The minimum absolute atomic E-state index is 0.0413. The molecular formula is C20H25N5O2. The van der Waals surface area contributed by atoms with Crippen molar-refractivity contribution in [1.82, 2.24) is 20.2 Å². The fraction of sp³-hybridized carbons (Fsp3) is 0.450. The van der Waals surface area contributed by atoms with Gasteiger partial charge in [-0.2, -0.15) is 0 Å².